The molecule has 2 aromatic carbocycles. The van der Waals surface area contributed by atoms with Gasteiger partial charge in [0.05, 0.1) is 5.69 Å². The molecule has 0 aliphatic heterocycles. The van der Waals surface area contributed by atoms with Crippen molar-refractivity contribution < 1.29 is 5.11 Å². The van der Waals surface area contributed by atoms with Gasteiger partial charge in [-0.2, -0.15) is 0 Å². The van der Waals surface area contributed by atoms with Crippen molar-refractivity contribution in [2.45, 2.75) is 37.3 Å². The number of aromatic nitrogens is 1. The molecule has 0 unspecified atom stereocenters. The molecule has 3 nitrogen and oxygen atoms in total. The number of hydrogen-bond acceptors (Lipinski definition) is 4. The maximum Gasteiger partial charge on any atom is 0.183 e. The molecule has 142 valence electrons. The zero-order chi connectivity index (χ0) is 19.4. The Morgan fingerprint density at radius 2 is 2.04 bits per heavy atom. The maximum atomic E-state index is 11.0. The Balaban J connectivity index is 1.44. The number of aliphatic hydroxyl groups is 1. The van der Waals surface area contributed by atoms with E-state index in [1.807, 2.05) is 42.5 Å². The summed E-state index contributed by atoms with van der Waals surface area (Å²) in [5.41, 5.74) is 1.92. The van der Waals surface area contributed by atoms with Crippen LogP contribution in [0.25, 0.3) is 11.3 Å². The smallest absolute Gasteiger partial charge is 0.183 e. The van der Waals surface area contributed by atoms with Crippen LogP contribution in [0.5, 0.6) is 0 Å². The third-order valence-electron chi connectivity index (χ3n) is 4.89. The fraction of sp³-hybridized carbons (Fsp3) is 0.261. The van der Waals surface area contributed by atoms with E-state index in [9.17, 15) is 5.11 Å². The highest BCUT2D eigenvalue weighted by molar-refractivity contribution is 7.14. The number of thiazole rings is 1. The third-order valence-corrected chi connectivity index (χ3v) is 5.90. The van der Waals surface area contributed by atoms with Crippen molar-refractivity contribution in [2.75, 3.05) is 5.32 Å². The normalized spacial score (nSPS) is 21.6. The summed E-state index contributed by atoms with van der Waals surface area (Å²) in [6.07, 6.45) is 3.20. The van der Waals surface area contributed by atoms with E-state index in [-0.39, 0.29) is 6.04 Å². The Kier molecular flexibility index (Phi) is 5.68. The van der Waals surface area contributed by atoms with E-state index in [1.165, 1.54) is 0 Å². The number of anilines is 1. The lowest BCUT2D eigenvalue weighted by atomic mass is 9.82. The molecule has 1 heterocycles. The van der Waals surface area contributed by atoms with Crippen LogP contribution in [-0.2, 0) is 0 Å². The second-order valence-corrected chi connectivity index (χ2v) is 8.43. The molecule has 0 spiro atoms. The molecular weight excluding hydrogens is 388 g/mol. The van der Waals surface area contributed by atoms with Gasteiger partial charge in [0, 0.05) is 34.0 Å². The first-order chi connectivity index (χ1) is 13.6. The van der Waals surface area contributed by atoms with Crippen LogP contribution in [0.1, 0.15) is 31.2 Å². The Bertz CT molecular complexity index is 1010. The van der Waals surface area contributed by atoms with E-state index in [0.29, 0.717) is 17.9 Å². The number of halogens is 1. The van der Waals surface area contributed by atoms with Crippen molar-refractivity contribution in [2.24, 2.45) is 0 Å². The van der Waals surface area contributed by atoms with E-state index in [4.69, 9.17) is 16.6 Å². The van der Waals surface area contributed by atoms with Gasteiger partial charge >= 0.3 is 0 Å². The quantitative estimate of drug-likeness (QED) is 0.554. The van der Waals surface area contributed by atoms with Gasteiger partial charge in [0.15, 0.2) is 5.13 Å². The molecule has 1 aliphatic carbocycles. The second-order valence-electron chi connectivity index (χ2n) is 7.13. The van der Waals surface area contributed by atoms with Gasteiger partial charge in [-0.3, -0.25) is 0 Å². The largest absolute Gasteiger partial charge is 0.378 e. The molecule has 1 aliphatic rings. The number of rotatable bonds is 3. The molecule has 0 saturated heterocycles. The topological polar surface area (TPSA) is 45.1 Å². The summed E-state index contributed by atoms with van der Waals surface area (Å²) in [6, 6.07) is 17.7. The summed E-state index contributed by atoms with van der Waals surface area (Å²) in [5, 5.41) is 18.1. The molecule has 1 fully saturated rings. The summed E-state index contributed by atoms with van der Waals surface area (Å²) in [7, 11) is 0. The average Bonchev–Trinajstić information content (AvgIpc) is 3.16. The van der Waals surface area contributed by atoms with Crippen molar-refractivity contribution in [3.8, 4) is 23.1 Å². The van der Waals surface area contributed by atoms with Crippen LogP contribution in [0, 0.1) is 11.8 Å². The Morgan fingerprint density at radius 1 is 1.18 bits per heavy atom. The third kappa shape index (κ3) is 4.74. The molecule has 1 saturated carbocycles. The standard InChI is InChI=1S/C23H21ClN2OS/c24-19-9-4-6-17(14-19)11-13-23(27)12-5-10-20(15-23)25-22-26-21(16-28-22)18-7-2-1-3-8-18/h1-4,6-9,14,16,20,27H,5,10,12,15H2,(H,25,26)/t20-,23+/m1/s1. The predicted octanol–water partition coefficient (Wildman–Crippen LogP) is 5.60. The lowest BCUT2D eigenvalue weighted by molar-refractivity contribution is 0.0561. The van der Waals surface area contributed by atoms with E-state index in [0.717, 1.165) is 34.8 Å². The first kappa shape index (κ1) is 19.0. The predicted molar refractivity (Wildman–Crippen MR) is 117 cm³/mol. The lowest BCUT2D eigenvalue weighted by Gasteiger charge is -2.33. The van der Waals surface area contributed by atoms with Crippen LogP contribution >= 0.6 is 22.9 Å². The van der Waals surface area contributed by atoms with Crippen LogP contribution in [0.4, 0.5) is 5.13 Å². The first-order valence-electron chi connectivity index (χ1n) is 9.38. The lowest BCUT2D eigenvalue weighted by Crippen LogP contribution is -2.39. The van der Waals surface area contributed by atoms with E-state index in [1.54, 1.807) is 11.3 Å². The fourth-order valence-electron chi connectivity index (χ4n) is 3.50. The summed E-state index contributed by atoms with van der Waals surface area (Å²) >= 11 is 7.61. The SMILES string of the molecule is O[C@]1(C#Cc2cccc(Cl)c2)CCC[C@@H](Nc2nc(-c3ccccc3)cs2)C1. The zero-order valence-electron chi connectivity index (χ0n) is 15.4. The highest BCUT2D eigenvalue weighted by atomic mass is 35.5. The minimum Gasteiger partial charge on any atom is -0.378 e. The molecule has 0 bridgehead atoms. The molecule has 2 atom stereocenters. The Labute approximate surface area is 174 Å². The molecule has 3 aromatic rings. The molecule has 0 amide bonds. The van der Waals surface area contributed by atoms with Crippen molar-refractivity contribution in [3.63, 3.8) is 0 Å². The van der Waals surface area contributed by atoms with Gasteiger partial charge < -0.3 is 10.4 Å². The van der Waals surface area contributed by atoms with Crippen LogP contribution in [0.15, 0.2) is 60.0 Å². The molecule has 5 heteroatoms. The molecule has 2 N–H and O–H groups in total. The average molecular weight is 409 g/mol. The summed E-state index contributed by atoms with van der Waals surface area (Å²) in [4.78, 5) is 4.70. The fourth-order valence-corrected chi connectivity index (χ4v) is 4.49. The van der Waals surface area contributed by atoms with Crippen LogP contribution < -0.4 is 5.32 Å². The number of nitrogens with zero attached hydrogens (tertiary/aromatic N) is 1. The molecule has 28 heavy (non-hydrogen) atoms. The van der Waals surface area contributed by atoms with Crippen LogP contribution in [-0.4, -0.2) is 21.7 Å². The zero-order valence-corrected chi connectivity index (χ0v) is 16.9. The van der Waals surface area contributed by atoms with E-state index in [2.05, 4.69) is 34.7 Å². The van der Waals surface area contributed by atoms with Crippen molar-refractivity contribution in [1.82, 2.24) is 4.98 Å². The van der Waals surface area contributed by atoms with Gasteiger partial charge in [0.25, 0.3) is 0 Å². The van der Waals surface area contributed by atoms with Crippen LogP contribution in [0.2, 0.25) is 5.02 Å². The highest BCUT2D eigenvalue weighted by Gasteiger charge is 2.33. The molecule has 4 rings (SSSR count). The van der Waals surface area contributed by atoms with Gasteiger partial charge in [-0.05, 0) is 37.5 Å². The first-order valence-corrected chi connectivity index (χ1v) is 10.6. The number of benzene rings is 2. The van der Waals surface area contributed by atoms with Gasteiger partial charge in [-0.25, -0.2) is 4.98 Å². The molecule has 0 radical (unpaired) electrons. The van der Waals surface area contributed by atoms with E-state index < -0.39 is 5.60 Å². The number of nitrogens with one attached hydrogen (secondary N) is 1. The molecule has 1 aromatic heterocycles. The monoisotopic (exact) mass is 408 g/mol. The summed E-state index contributed by atoms with van der Waals surface area (Å²) in [6.45, 7) is 0. The minimum atomic E-state index is -0.988. The minimum absolute atomic E-state index is 0.155. The van der Waals surface area contributed by atoms with Crippen molar-refractivity contribution in [1.29, 1.82) is 0 Å². The van der Waals surface area contributed by atoms with Crippen molar-refractivity contribution >= 4 is 28.1 Å². The van der Waals surface area contributed by atoms with Gasteiger partial charge in [0.1, 0.15) is 5.60 Å². The Morgan fingerprint density at radius 3 is 2.86 bits per heavy atom. The van der Waals surface area contributed by atoms with Gasteiger partial charge in [-0.15, -0.1) is 11.3 Å². The van der Waals surface area contributed by atoms with E-state index >= 15 is 0 Å². The Hall–Kier alpha value is -2.32. The highest BCUT2D eigenvalue weighted by Crippen LogP contribution is 2.32. The molecular formula is C23H21ClN2OS. The number of hydrogen-bond donors (Lipinski definition) is 2. The second kappa shape index (κ2) is 8.36. The van der Waals surface area contributed by atoms with Crippen LogP contribution in [0.3, 0.4) is 0 Å². The van der Waals surface area contributed by atoms with Gasteiger partial charge in [0.2, 0.25) is 0 Å². The maximum absolute atomic E-state index is 11.0. The summed E-state index contributed by atoms with van der Waals surface area (Å²) < 4.78 is 0. The summed E-state index contributed by atoms with van der Waals surface area (Å²) in [5.74, 6) is 6.16. The van der Waals surface area contributed by atoms with Gasteiger partial charge in [-0.1, -0.05) is 59.8 Å². The van der Waals surface area contributed by atoms with Crippen molar-refractivity contribution in [3.05, 3.63) is 70.6 Å².